The molecule has 3 rings (SSSR count). The third-order valence-electron chi connectivity index (χ3n) is 4.31. The number of aromatic nitrogens is 4. The Morgan fingerprint density at radius 2 is 2.11 bits per heavy atom. The third-order valence-corrected chi connectivity index (χ3v) is 4.31. The number of rotatable bonds is 6. The molecule has 0 aromatic carbocycles. The quantitative estimate of drug-likeness (QED) is 0.745. The van der Waals surface area contributed by atoms with Crippen molar-refractivity contribution in [1.82, 2.24) is 20.6 Å². The number of ether oxygens (including phenoxy) is 1. The molecular formula is C13H20N4O2. The summed E-state index contributed by atoms with van der Waals surface area (Å²) >= 11 is 0. The predicted octanol–water partition coefficient (Wildman–Crippen LogP) is 0.864. The van der Waals surface area contributed by atoms with Crippen molar-refractivity contribution in [2.24, 2.45) is 11.8 Å². The normalized spacial score (nSPS) is 33.5. The van der Waals surface area contributed by atoms with Crippen LogP contribution in [0.2, 0.25) is 0 Å². The van der Waals surface area contributed by atoms with Crippen molar-refractivity contribution in [3.05, 3.63) is 18.0 Å². The van der Waals surface area contributed by atoms with E-state index in [9.17, 15) is 5.11 Å². The molecule has 2 aliphatic heterocycles. The van der Waals surface area contributed by atoms with E-state index in [0.717, 1.165) is 37.9 Å². The van der Waals surface area contributed by atoms with Crippen molar-refractivity contribution in [3.63, 3.8) is 0 Å². The molecule has 19 heavy (non-hydrogen) atoms. The van der Waals surface area contributed by atoms with Crippen LogP contribution in [-0.2, 0) is 11.2 Å². The van der Waals surface area contributed by atoms with Gasteiger partial charge in [-0.15, -0.1) is 5.10 Å². The Labute approximate surface area is 112 Å². The molecule has 6 heteroatoms. The fraction of sp³-hybridized carbons (Fsp3) is 0.769. The summed E-state index contributed by atoms with van der Waals surface area (Å²) in [6.07, 6.45) is 10.1. The van der Waals surface area contributed by atoms with Crippen LogP contribution >= 0.6 is 0 Å². The number of nitrogens with one attached hydrogen (secondary N) is 1. The highest BCUT2D eigenvalue weighted by atomic mass is 16.5. The highest BCUT2D eigenvalue weighted by molar-refractivity contribution is 4.99. The number of aryl methyl sites for hydroxylation is 1. The minimum absolute atomic E-state index is 0.253. The number of aromatic amines is 1. The van der Waals surface area contributed by atoms with Crippen molar-refractivity contribution in [2.45, 2.75) is 44.3 Å². The molecule has 6 nitrogen and oxygen atoms in total. The lowest BCUT2D eigenvalue weighted by Gasteiger charge is -2.25. The number of tetrazole rings is 1. The second-order valence-electron chi connectivity index (χ2n) is 5.39. The number of H-pyrrole nitrogens is 1. The van der Waals surface area contributed by atoms with Crippen molar-refractivity contribution < 1.29 is 9.84 Å². The van der Waals surface area contributed by atoms with Crippen molar-refractivity contribution in [1.29, 1.82) is 0 Å². The van der Waals surface area contributed by atoms with Gasteiger partial charge in [-0.3, -0.25) is 0 Å². The van der Waals surface area contributed by atoms with Gasteiger partial charge in [-0.2, -0.15) is 0 Å². The molecule has 0 unspecified atom stereocenters. The van der Waals surface area contributed by atoms with Crippen LogP contribution in [0.15, 0.2) is 12.2 Å². The summed E-state index contributed by atoms with van der Waals surface area (Å²) in [5.74, 6) is 1.65. The summed E-state index contributed by atoms with van der Waals surface area (Å²) in [5.41, 5.74) is 0. The monoisotopic (exact) mass is 264 g/mol. The van der Waals surface area contributed by atoms with Crippen LogP contribution in [0.1, 0.15) is 31.5 Å². The number of aliphatic hydroxyl groups is 1. The lowest BCUT2D eigenvalue weighted by Crippen LogP contribution is -2.29. The molecule has 1 aromatic heterocycles. The topological polar surface area (TPSA) is 83.9 Å². The molecule has 0 saturated carbocycles. The van der Waals surface area contributed by atoms with Gasteiger partial charge in [0.1, 0.15) is 5.82 Å². The lowest BCUT2D eigenvalue weighted by atomic mass is 9.78. The maximum atomic E-state index is 9.46. The first-order chi connectivity index (χ1) is 9.38. The van der Waals surface area contributed by atoms with Gasteiger partial charge in [0.15, 0.2) is 0 Å². The highest BCUT2D eigenvalue weighted by Crippen LogP contribution is 2.44. The van der Waals surface area contributed by atoms with E-state index in [4.69, 9.17) is 4.74 Å². The van der Waals surface area contributed by atoms with Crippen LogP contribution in [0.25, 0.3) is 0 Å². The molecule has 1 aromatic rings. The van der Waals surface area contributed by atoms with Gasteiger partial charge in [-0.05, 0) is 42.0 Å². The van der Waals surface area contributed by atoms with Crippen molar-refractivity contribution in [2.75, 3.05) is 6.61 Å². The SMILES string of the molecule is OC[C@@H]1[C@@H](C/C=C\CCc2nnn[nH]2)[C@@H]2CC[C@@H]1O2. The third kappa shape index (κ3) is 2.69. The standard InChI is InChI=1S/C13H20N4O2/c18-8-10-9(11-6-7-12(10)19-11)4-2-1-3-5-13-14-16-17-15-13/h1-2,9-12,18H,3-8H2,(H,14,15,16,17)/b2-1-/t9-,10-,11+,12+/m1/s1. The van der Waals surface area contributed by atoms with Gasteiger partial charge in [-0.25, -0.2) is 5.10 Å². The second-order valence-corrected chi connectivity index (χ2v) is 5.39. The van der Waals surface area contributed by atoms with E-state index in [-0.39, 0.29) is 6.61 Å². The largest absolute Gasteiger partial charge is 0.396 e. The van der Waals surface area contributed by atoms with E-state index >= 15 is 0 Å². The Balaban J connectivity index is 1.44. The molecule has 104 valence electrons. The zero-order chi connectivity index (χ0) is 13.1. The summed E-state index contributed by atoms with van der Waals surface area (Å²) < 4.78 is 5.88. The molecule has 2 saturated heterocycles. The smallest absolute Gasteiger partial charge is 0.148 e. The van der Waals surface area contributed by atoms with Crippen LogP contribution in [0.3, 0.4) is 0 Å². The van der Waals surface area contributed by atoms with E-state index in [2.05, 4.69) is 32.8 Å². The van der Waals surface area contributed by atoms with E-state index in [1.54, 1.807) is 0 Å². The average Bonchev–Trinajstić information content (AvgIpc) is 3.14. The number of nitrogens with zero attached hydrogens (tertiary/aromatic N) is 3. The first kappa shape index (κ1) is 12.7. The second kappa shape index (κ2) is 5.79. The fourth-order valence-electron chi connectivity index (χ4n) is 3.33. The first-order valence-electron chi connectivity index (χ1n) is 7.02. The maximum Gasteiger partial charge on any atom is 0.148 e. The summed E-state index contributed by atoms with van der Waals surface area (Å²) in [6, 6.07) is 0. The number of hydrogen-bond acceptors (Lipinski definition) is 5. The minimum Gasteiger partial charge on any atom is -0.396 e. The van der Waals surface area contributed by atoms with Crippen LogP contribution < -0.4 is 0 Å². The Hall–Kier alpha value is -1.27. The molecular weight excluding hydrogens is 244 g/mol. The van der Waals surface area contributed by atoms with Gasteiger partial charge in [0, 0.05) is 18.9 Å². The Bertz CT molecular complexity index is 420. The summed E-state index contributed by atoms with van der Waals surface area (Å²) in [5, 5.41) is 23.1. The van der Waals surface area contributed by atoms with Crippen molar-refractivity contribution in [3.8, 4) is 0 Å². The van der Waals surface area contributed by atoms with Gasteiger partial charge in [0.2, 0.25) is 0 Å². The molecule has 0 aliphatic carbocycles. The first-order valence-corrected chi connectivity index (χ1v) is 7.02. The van der Waals surface area contributed by atoms with Crippen LogP contribution in [0.4, 0.5) is 0 Å². The highest BCUT2D eigenvalue weighted by Gasteiger charge is 2.47. The van der Waals surface area contributed by atoms with E-state index in [1.165, 1.54) is 0 Å². The van der Waals surface area contributed by atoms with Crippen molar-refractivity contribution >= 4 is 0 Å². The minimum atomic E-state index is 0.253. The number of allylic oxidation sites excluding steroid dienone is 2. The van der Waals surface area contributed by atoms with Gasteiger partial charge in [0.05, 0.1) is 12.2 Å². The van der Waals surface area contributed by atoms with Gasteiger partial charge >= 0.3 is 0 Å². The van der Waals surface area contributed by atoms with E-state index in [1.807, 2.05) is 0 Å². The maximum absolute atomic E-state index is 9.46. The average molecular weight is 264 g/mol. The predicted molar refractivity (Wildman–Crippen MR) is 68.2 cm³/mol. The Kier molecular flexibility index (Phi) is 3.89. The summed E-state index contributed by atoms with van der Waals surface area (Å²) in [6.45, 7) is 0.253. The van der Waals surface area contributed by atoms with E-state index < -0.39 is 0 Å². The van der Waals surface area contributed by atoms with Crippen LogP contribution in [-0.4, -0.2) is 44.5 Å². The molecule has 0 spiro atoms. The number of hydrogen-bond donors (Lipinski definition) is 2. The van der Waals surface area contributed by atoms with Gasteiger partial charge < -0.3 is 9.84 Å². The zero-order valence-electron chi connectivity index (χ0n) is 10.9. The Morgan fingerprint density at radius 1 is 1.26 bits per heavy atom. The molecule has 4 atom stereocenters. The molecule has 0 radical (unpaired) electrons. The van der Waals surface area contributed by atoms with E-state index in [0.29, 0.717) is 24.0 Å². The molecule has 2 aliphatic rings. The van der Waals surface area contributed by atoms with Gasteiger partial charge in [-0.1, -0.05) is 12.2 Å². The molecule has 2 bridgehead atoms. The number of aliphatic hydroxyl groups excluding tert-OH is 1. The molecule has 0 amide bonds. The Morgan fingerprint density at radius 3 is 2.84 bits per heavy atom. The molecule has 2 N–H and O–H groups in total. The number of fused-ring (bicyclic) bond motifs is 2. The lowest BCUT2D eigenvalue weighted by molar-refractivity contribution is 0.0787. The zero-order valence-corrected chi connectivity index (χ0v) is 10.9. The molecule has 2 fully saturated rings. The summed E-state index contributed by atoms with van der Waals surface area (Å²) in [4.78, 5) is 0. The fourth-order valence-corrected chi connectivity index (χ4v) is 3.33. The van der Waals surface area contributed by atoms with Gasteiger partial charge in [0.25, 0.3) is 0 Å². The summed E-state index contributed by atoms with van der Waals surface area (Å²) in [7, 11) is 0. The van der Waals surface area contributed by atoms with Crippen LogP contribution in [0, 0.1) is 11.8 Å². The molecule has 3 heterocycles. The van der Waals surface area contributed by atoms with Crippen LogP contribution in [0.5, 0.6) is 0 Å².